The molecule has 1 atom stereocenters. The van der Waals surface area contributed by atoms with E-state index in [1.54, 1.807) is 0 Å². The molecule has 0 aliphatic carbocycles. The molecule has 1 unspecified atom stereocenters. The van der Waals surface area contributed by atoms with Crippen LogP contribution in [-0.2, 0) is 4.79 Å². The van der Waals surface area contributed by atoms with Crippen LogP contribution < -0.4 is 5.32 Å². The summed E-state index contributed by atoms with van der Waals surface area (Å²) < 4.78 is 0. The number of unbranched alkanes of at least 4 members (excludes halogenated alkanes) is 1. The molecular weight excluding hydrogens is 178 g/mol. The maximum atomic E-state index is 10.3. The van der Waals surface area contributed by atoms with Gasteiger partial charge in [-0.3, -0.25) is 4.79 Å². The standard InChI is InChI=1S/C11H23NO2/c1-3-5-7-10(4-2)12-9-6-8-11(13)14/h10,12H,3-9H2,1-2H3,(H,13,14). The zero-order valence-corrected chi connectivity index (χ0v) is 9.38. The second-order valence-corrected chi connectivity index (χ2v) is 3.70. The van der Waals surface area contributed by atoms with Gasteiger partial charge in [-0.05, 0) is 25.8 Å². The van der Waals surface area contributed by atoms with Crippen LogP contribution in [0.5, 0.6) is 0 Å². The minimum atomic E-state index is -0.701. The molecule has 2 N–H and O–H groups in total. The Morgan fingerprint density at radius 2 is 2.07 bits per heavy atom. The van der Waals surface area contributed by atoms with E-state index in [4.69, 9.17) is 5.11 Å². The summed E-state index contributed by atoms with van der Waals surface area (Å²) in [4.78, 5) is 10.3. The van der Waals surface area contributed by atoms with Gasteiger partial charge in [0.1, 0.15) is 0 Å². The third-order valence-electron chi connectivity index (χ3n) is 2.40. The van der Waals surface area contributed by atoms with Gasteiger partial charge in [0, 0.05) is 12.5 Å². The van der Waals surface area contributed by atoms with E-state index >= 15 is 0 Å². The lowest BCUT2D eigenvalue weighted by Crippen LogP contribution is -2.29. The summed E-state index contributed by atoms with van der Waals surface area (Å²) in [7, 11) is 0. The summed E-state index contributed by atoms with van der Waals surface area (Å²) in [6.45, 7) is 5.19. The van der Waals surface area contributed by atoms with E-state index in [1.165, 1.54) is 19.3 Å². The average molecular weight is 201 g/mol. The minimum Gasteiger partial charge on any atom is -0.481 e. The number of hydrogen-bond acceptors (Lipinski definition) is 2. The molecule has 84 valence electrons. The van der Waals surface area contributed by atoms with Crippen molar-refractivity contribution >= 4 is 5.97 Å². The monoisotopic (exact) mass is 201 g/mol. The molecule has 0 saturated carbocycles. The third kappa shape index (κ3) is 8.05. The van der Waals surface area contributed by atoms with Crippen molar-refractivity contribution in [3.05, 3.63) is 0 Å². The quantitative estimate of drug-likeness (QED) is 0.563. The van der Waals surface area contributed by atoms with Crippen molar-refractivity contribution in [1.82, 2.24) is 5.32 Å². The van der Waals surface area contributed by atoms with Crippen LogP contribution in [0.25, 0.3) is 0 Å². The van der Waals surface area contributed by atoms with E-state index < -0.39 is 5.97 Å². The van der Waals surface area contributed by atoms with Gasteiger partial charge in [0.05, 0.1) is 0 Å². The number of rotatable bonds is 9. The average Bonchev–Trinajstić information content (AvgIpc) is 2.16. The molecule has 0 rings (SSSR count). The van der Waals surface area contributed by atoms with Crippen LogP contribution in [0.2, 0.25) is 0 Å². The normalized spacial score (nSPS) is 12.7. The Morgan fingerprint density at radius 3 is 2.57 bits per heavy atom. The zero-order chi connectivity index (χ0) is 10.8. The molecule has 0 amide bonds. The number of carboxylic acid groups (broad SMARTS) is 1. The molecule has 0 aliphatic rings. The molecule has 0 radical (unpaired) electrons. The van der Waals surface area contributed by atoms with E-state index in [0.717, 1.165) is 19.4 Å². The Hall–Kier alpha value is -0.570. The Labute approximate surface area is 86.9 Å². The third-order valence-corrected chi connectivity index (χ3v) is 2.40. The van der Waals surface area contributed by atoms with Crippen molar-refractivity contribution in [2.75, 3.05) is 6.54 Å². The van der Waals surface area contributed by atoms with Gasteiger partial charge in [-0.25, -0.2) is 0 Å². The summed E-state index contributed by atoms with van der Waals surface area (Å²) in [5, 5.41) is 11.8. The maximum Gasteiger partial charge on any atom is 0.303 e. The lowest BCUT2D eigenvalue weighted by molar-refractivity contribution is -0.137. The molecule has 3 heteroatoms. The first-order chi connectivity index (χ1) is 6.70. The predicted octanol–water partition coefficient (Wildman–Crippen LogP) is 2.41. The van der Waals surface area contributed by atoms with Crippen molar-refractivity contribution in [3.8, 4) is 0 Å². The van der Waals surface area contributed by atoms with Crippen LogP contribution in [-0.4, -0.2) is 23.7 Å². The topological polar surface area (TPSA) is 49.3 Å². The molecule has 3 nitrogen and oxygen atoms in total. The van der Waals surface area contributed by atoms with Crippen molar-refractivity contribution in [3.63, 3.8) is 0 Å². The highest BCUT2D eigenvalue weighted by Crippen LogP contribution is 2.04. The van der Waals surface area contributed by atoms with Gasteiger partial charge in [-0.1, -0.05) is 26.7 Å². The lowest BCUT2D eigenvalue weighted by atomic mass is 10.1. The smallest absolute Gasteiger partial charge is 0.303 e. The van der Waals surface area contributed by atoms with Gasteiger partial charge < -0.3 is 10.4 Å². The molecule has 0 spiro atoms. The van der Waals surface area contributed by atoms with Crippen molar-refractivity contribution < 1.29 is 9.90 Å². The Kier molecular flexibility index (Phi) is 8.64. The van der Waals surface area contributed by atoms with Crippen molar-refractivity contribution in [1.29, 1.82) is 0 Å². The Balaban J connectivity index is 3.37. The van der Waals surface area contributed by atoms with Crippen LogP contribution in [0.4, 0.5) is 0 Å². The zero-order valence-electron chi connectivity index (χ0n) is 9.38. The van der Waals surface area contributed by atoms with Gasteiger partial charge in [-0.15, -0.1) is 0 Å². The molecule has 0 bridgehead atoms. The Morgan fingerprint density at radius 1 is 1.36 bits per heavy atom. The molecule has 0 aromatic rings. The number of carboxylic acids is 1. The van der Waals surface area contributed by atoms with Gasteiger partial charge in [0.15, 0.2) is 0 Å². The molecule has 0 aromatic heterocycles. The molecule has 0 aromatic carbocycles. The fourth-order valence-electron chi connectivity index (χ4n) is 1.45. The molecule has 0 fully saturated rings. The fraction of sp³-hybridized carbons (Fsp3) is 0.909. The predicted molar refractivity (Wildman–Crippen MR) is 58.5 cm³/mol. The first-order valence-electron chi connectivity index (χ1n) is 5.65. The number of hydrogen-bond donors (Lipinski definition) is 2. The van der Waals surface area contributed by atoms with Gasteiger partial charge in [-0.2, -0.15) is 0 Å². The highest BCUT2D eigenvalue weighted by Gasteiger charge is 2.04. The van der Waals surface area contributed by atoms with E-state index in [9.17, 15) is 4.79 Å². The number of carbonyl (C=O) groups is 1. The van der Waals surface area contributed by atoms with Gasteiger partial charge in [0.2, 0.25) is 0 Å². The summed E-state index contributed by atoms with van der Waals surface area (Å²) in [6, 6.07) is 0.573. The minimum absolute atomic E-state index is 0.275. The van der Waals surface area contributed by atoms with Crippen LogP contribution in [0.15, 0.2) is 0 Å². The molecule has 0 saturated heterocycles. The maximum absolute atomic E-state index is 10.3. The largest absolute Gasteiger partial charge is 0.481 e. The van der Waals surface area contributed by atoms with Crippen LogP contribution in [0, 0.1) is 0 Å². The van der Waals surface area contributed by atoms with E-state index in [0.29, 0.717) is 6.04 Å². The molecule has 0 aliphatic heterocycles. The second kappa shape index (κ2) is 9.00. The molecule has 14 heavy (non-hydrogen) atoms. The molecule has 0 heterocycles. The lowest BCUT2D eigenvalue weighted by Gasteiger charge is -2.15. The number of nitrogens with one attached hydrogen (secondary N) is 1. The highest BCUT2D eigenvalue weighted by molar-refractivity contribution is 5.66. The van der Waals surface area contributed by atoms with E-state index in [2.05, 4.69) is 19.2 Å². The molecular formula is C11H23NO2. The van der Waals surface area contributed by atoms with Crippen LogP contribution in [0.3, 0.4) is 0 Å². The summed E-state index contributed by atoms with van der Waals surface area (Å²) in [6.07, 6.45) is 5.83. The summed E-state index contributed by atoms with van der Waals surface area (Å²) >= 11 is 0. The van der Waals surface area contributed by atoms with Crippen LogP contribution in [0.1, 0.15) is 52.4 Å². The summed E-state index contributed by atoms with van der Waals surface area (Å²) in [5.74, 6) is -0.701. The second-order valence-electron chi connectivity index (χ2n) is 3.70. The highest BCUT2D eigenvalue weighted by atomic mass is 16.4. The Bertz CT molecular complexity index is 148. The SMILES string of the molecule is CCCCC(CC)NCCCC(=O)O. The van der Waals surface area contributed by atoms with Crippen molar-refractivity contribution in [2.45, 2.75) is 58.4 Å². The number of aliphatic carboxylic acids is 1. The van der Waals surface area contributed by atoms with Gasteiger partial charge in [0.25, 0.3) is 0 Å². The first kappa shape index (κ1) is 13.4. The van der Waals surface area contributed by atoms with Crippen molar-refractivity contribution in [2.24, 2.45) is 0 Å². The fourth-order valence-corrected chi connectivity index (χ4v) is 1.45. The van der Waals surface area contributed by atoms with Gasteiger partial charge >= 0.3 is 5.97 Å². The van der Waals surface area contributed by atoms with Crippen LogP contribution >= 0.6 is 0 Å². The summed E-state index contributed by atoms with van der Waals surface area (Å²) in [5.41, 5.74) is 0. The van der Waals surface area contributed by atoms with E-state index in [1.807, 2.05) is 0 Å². The van der Waals surface area contributed by atoms with E-state index in [-0.39, 0.29) is 6.42 Å². The first-order valence-corrected chi connectivity index (χ1v) is 5.65.